The molecular formula is C10H15N5S. The summed E-state index contributed by atoms with van der Waals surface area (Å²) in [6, 6.07) is 1.87. The van der Waals surface area contributed by atoms with Crippen molar-refractivity contribution in [3.8, 4) is 5.13 Å². The zero-order valence-corrected chi connectivity index (χ0v) is 10.5. The Labute approximate surface area is 98.5 Å². The predicted octanol–water partition coefficient (Wildman–Crippen LogP) is 1.61. The molecule has 0 aliphatic heterocycles. The van der Waals surface area contributed by atoms with Crippen LogP contribution in [0.2, 0.25) is 0 Å². The van der Waals surface area contributed by atoms with Crippen molar-refractivity contribution < 1.29 is 0 Å². The van der Waals surface area contributed by atoms with Crippen LogP contribution in [0.4, 0.5) is 0 Å². The summed E-state index contributed by atoms with van der Waals surface area (Å²) in [6.45, 7) is 7.12. The minimum absolute atomic E-state index is 0.0948. The van der Waals surface area contributed by atoms with E-state index in [1.54, 1.807) is 22.2 Å². The lowest BCUT2D eigenvalue weighted by Crippen LogP contribution is -2.35. The van der Waals surface area contributed by atoms with Crippen molar-refractivity contribution in [1.29, 1.82) is 0 Å². The second-order valence-electron chi connectivity index (χ2n) is 4.53. The quantitative estimate of drug-likeness (QED) is 0.881. The van der Waals surface area contributed by atoms with Gasteiger partial charge in [-0.05, 0) is 26.8 Å². The zero-order valence-electron chi connectivity index (χ0n) is 9.64. The molecule has 0 radical (unpaired) electrons. The van der Waals surface area contributed by atoms with Crippen molar-refractivity contribution in [2.75, 3.05) is 0 Å². The molecule has 0 atom stereocenters. The summed E-state index contributed by atoms with van der Waals surface area (Å²) in [5, 5.41) is 17.5. The fraction of sp³-hybridized carbons (Fsp3) is 0.500. The topological polar surface area (TPSA) is 55.6 Å². The molecule has 2 rings (SSSR count). The maximum Gasteiger partial charge on any atom is 0.232 e. The number of hydrogen-bond donors (Lipinski definition) is 1. The summed E-state index contributed by atoms with van der Waals surface area (Å²) in [4.78, 5) is 0. The molecule has 0 aliphatic rings. The van der Waals surface area contributed by atoms with Gasteiger partial charge in [0.1, 0.15) is 5.01 Å². The van der Waals surface area contributed by atoms with Gasteiger partial charge in [-0.25, -0.2) is 4.68 Å². The molecule has 0 aliphatic carbocycles. The molecule has 2 aromatic heterocycles. The fourth-order valence-corrected chi connectivity index (χ4v) is 1.85. The highest BCUT2D eigenvalue weighted by Gasteiger charge is 2.11. The molecule has 0 bridgehead atoms. The van der Waals surface area contributed by atoms with Crippen LogP contribution in [0.3, 0.4) is 0 Å². The molecule has 6 heteroatoms. The Hall–Kier alpha value is -1.27. The van der Waals surface area contributed by atoms with Crippen molar-refractivity contribution >= 4 is 11.3 Å². The van der Waals surface area contributed by atoms with E-state index in [-0.39, 0.29) is 5.54 Å². The number of aromatic nitrogens is 4. The normalized spacial score (nSPS) is 11.9. The summed E-state index contributed by atoms with van der Waals surface area (Å²) >= 11 is 1.55. The highest BCUT2D eigenvalue weighted by molar-refractivity contribution is 7.13. The minimum Gasteiger partial charge on any atom is -0.306 e. The average Bonchev–Trinajstić information content (AvgIpc) is 2.84. The van der Waals surface area contributed by atoms with Crippen LogP contribution in [-0.4, -0.2) is 25.5 Å². The largest absolute Gasteiger partial charge is 0.306 e. The molecule has 0 saturated heterocycles. The first-order valence-corrected chi connectivity index (χ1v) is 5.94. The summed E-state index contributed by atoms with van der Waals surface area (Å²) in [6.07, 6.45) is 3.59. The van der Waals surface area contributed by atoms with Gasteiger partial charge in [0.05, 0.1) is 6.54 Å². The number of rotatable bonds is 3. The van der Waals surface area contributed by atoms with Gasteiger partial charge in [-0.3, -0.25) is 0 Å². The van der Waals surface area contributed by atoms with Gasteiger partial charge in [0.2, 0.25) is 5.13 Å². The van der Waals surface area contributed by atoms with Crippen LogP contribution in [-0.2, 0) is 6.54 Å². The van der Waals surface area contributed by atoms with Gasteiger partial charge in [-0.15, -0.1) is 10.2 Å². The van der Waals surface area contributed by atoms with Gasteiger partial charge < -0.3 is 5.32 Å². The Morgan fingerprint density at radius 2 is 2.19 bits per heavy atom. The first-order chi connectivity index (χ1) is 7.54. The van der Waals surface area contributed by atoms with Gasteiger partial charge in [0.15, 0.2) is 0 Å². The molecule has 2 aromatic rings. The molecule has 0 spiro atoms. The third kappa shape index (κ3) is 2.86. The monoisotopic (exact) mass is 237 g/mol. The van der Waals surface area contributed by atoms with E-state index in [1.165, 1.54) is 0 Å². The lowest BCUT2D eigenvalue weighted by Gasteiger charge is -2.19. The van der Waals surface area contributed by atoms with E-state index >= 15 is 0 Å². The van der Waals surface area contributed by atoms with Gasteiger partial charge >= 0.3 is 0 Å². The Kier molecular flexibility index (Phi) is 3.02. The Bertz CT molecular complexity index is 440. The molecule has 86 valence electrons. The molecule has 0 aromatic carbocycles. The van der Waals surface area contributed by atoms with E-state index in [1.807, 2.05) is 12.3 Å². The smallest absolute Gasteiger partial charge is 0.232 e. The molecular weight excluding hydrogens is 222 g/mol. The van der Waals surface area contributed by atoms with Gasteiger partial charge in [-0.2, -0.15) is 5.10 Å². The van der Waals surface area contributed by atoms with Crippen LogP contribution >= 0.6 is 11.3 Å². The number of nitrogens with zero attached hydrogens (tertiary/aromatic N) is 4. The van der Waals surface area contributed by atoms with Gasteiger partial charge in [-0.1, -0.05) is 11.3 Å². The molecule has 0 saturated carbocycles. The third-order valence-corrected chi connectivity index (χ3v) is 2.84. The van der Waals surface area contributed by atoms with Crippen molar-refractivity contribution in [1.82, 2.24) is 25.3 Å². The van der Waals surface area contributed by atoms with Gasteiger partial charge in [0, 0.05) is 17.9 Å². The van der Waals surface area contributed by atoms with E-state index < -0.39 is 0 Å². The Morgan fingerprint density at radius 1 is 1.38 bits per heavy atom. The van der Waals surface area contributed by atoms with E-state index in [4.69, 9.17) is 0 Å². The molecule has 0 amide bonds. The first kappa shape index (κ1) is 11.2. The number of hydrogen-bond acceptors (Lipinski definition) is 5. The summed E-state index contributed by atoms with van der Waals surface area (Å²) in [7, 11) is 0. The average molecular weight is 237 g/mol. The highest BCUT2D eigenvalue weighted by Crippen LogP contribution is 2.14. The van der Waals surface area contributed by atoms with Crippen molar-refractivity contribution in [3.05, 3.63) is 23.5 Å². The maximum atomic E-state index is 4.12. The van der Waals surface area contributed by atoms with Crippen LogP contribution in [0.25, 0.3) is 5.13 Å². The first-order valence-electron chi connectivity index (χ1n) is 5.12. The van der Waals surface area contributed by atoms with Crippen LogP contribution in [0.1, 0.15) is 25.8 Å². The minimum atomic E-state index is 0.0948. The molecule has 0 unspecified atom stereocenters. The summed E-state index contributed by atoms with van der Waals surface area (Å²) in [5.74, 6) is 0. The lowest BCUT2D eigenvalue weighted by molar-refractivity contribution is 0.423. The van der Waals surface area contributed by atoms with E-state index in [0.717, 1.165) is 16.7 Å². The van der Waals surface area contributed by atoms with Crippen LogP contribution in [0.5, 0.6) is 0 Å². The third-order valence-electron chi connectivity index (χ3n) is 1.93. The standard InChI is InChI=1S/C10H15N5S/c1-10(2,3)11-7-8-13-14-9(16-8)15-6-4-5-12-15/h4-6,11H,7H2,1-3H3. The second kappa shape index (κ2) is 4.31. The van der Waals surface area contributed by atoms with Crippen LogP contribution < -0.4 is 5.32 Å². The van der Waals surface area contributed by atoms with Gasteiger partial charge in [0.25, 0.3) is 0 Å². The Morgan fingerprint density at radius 3 is 2.81 bits per heavy atom. The SMILES string of the molecule is CC(C)(C)NCc1nnc(-n2cccn2)s1. The number of nitrogens with one attached hydrogen (secondary N) is 1. The van der Waals surface area contributed by atoms with Crippen LogP contribution in [0.15, 0.2) is 18.5 Å². The fourth-order valence-electron chi connectivity index (χ4n) is 1.13. The van der Waals surface area contributed by atoms with Crippen LogP contribution in [0, 0.1) is 0 Å². The Balaban J connectivity index is 2.03. The molecule has 5 nitrogen and oxygen atoms in total. The van der Waals surface area contributed by atoms with Crippen molar-refractivity contribution in [2.24, 2.45) is 0 Å². The highest BCUT2D eigenvalue weighted by atomic mass is 32.1. The van der Waals surface area contributed by atoms with E-state index in [0.29, 0.717) is 0 Å². The van der Waals surface area contributed by atoms with E-state index in [9.17, 15) is 0 Å². The molecule has 1 N–H and O–H groups in total. The van der Waals surface area contributed by atoms with E-state index in [2.05, 4.69) is 41.4 Å². The molecule has 16 heavy (non-hydrogen) atoms. The zero-order chi connectivity index (χ0) is 11.6. The lowest BCUT2D eigenvalue weighted by atomic mass is 10.1. The van der Waals surface area contributed by atoms with Crippen molar-refractivity contribution in [2.45, 2.75) is 32.9 Å². The predicted molar refractivity (Wildman–Crippen MR) is 63.6 cm³/mol. The summed E-state index contributed by atoms with van der Waals surface area (Å²) < 4.78 is 1.72. The maximum absolute atomic E-state index is 4.12. The molecule has 0 fully saturated rings. The summed E-state index contributed by atoms with van der Waals surface area (Å²) in [5.41, 5.74) is 0.0948. The van der Waals surface area contributed by atoms with Crippen molar-refractivity contribution in [3.63, 3.8) is 0 Å². The molecule has 2 heterocycles. The second-order valence-corrected chi connectivity index (χ2v) is 5.57.